The first kappa shape index (κ1) is 26.2. The molecule has 1 amide bonds. The van der Waals surface area contributed by atoms with E-state index in [2.05, 4.69) is 49.7 Å². The molecule has 0 saturated carbocycles. The molecule has 0 atom stereocenters. The summed E-state index contributed by atoms with van der Waals surface area (Å²) in [6.45, 7) is 4.53. The van der Waals surface area contributed by atoms with Crippen molar-refractivity contribution in [2.45, 2.75) is 44.4 Å². The molecule has 10 heteroatoms. The van der Waals surface area contributed by atoms with E-state index in [0.717, 1.165) is 84.2 Å². The quantitative estimate of drug-likeness (QED) is 0.437. The lowest BCUT2D eigenvalue weighted by atomic mass is 10.0. The zero-order valence-electron chi connectivity index (χ0n) is 21.0. The molecule has 8 nitrogen and oxygen atoms in total. The maximum absolute atomic E-state index is 13.1. The summed E-state index contributed by atoms with van der Waals surface area (Å²) >= 11 is 3.68. The molecule has 3 heterocycles. The molecule has 2 fully saturated rings. The lowest BCUT2D eigenvalue weighted by Crippen LogP contribution is -2.44. The minimum atomic E-state index is -3.63. The van der Waals surface area contributed by atoms with E-state index >= 15 is 0 Å². The van der Waals surface area contributed by atoms with Gasteiger partial charge in [-0.25, -0.2) is 12.4 Å². The third kappa shape index (κ3) is 6.19. The molecular formula is C27H33BrN4O4S. The largest absolute Gasteiger partial charge is 0.489 e. The molecule has 5 rings (SSSR count). The van der Waals surface area contributed by atoms with E-state index in [1.807, 2.05) is 12.1 Å². The van der Waals surface area contributed by atoms with Crippen LogP contribution in [0.5, 0.6) is 5.75 Å². The van der Waals surface area contributed by atoms with E-state index in [9.17, 15) is 13.2 Å². The number of nitrogens with one attached hydrogen (secondary N) is 2. The molecule has 1 aromatic heterocycles. The highest BCUT2D eigenvalue weighted by Crippen LogP contribution is 2.29. The third-order valence-corrected chi connectivity index (χ3v) is 8.81. The van der Waals surface area contributed by atoms with Crippen LogP contribution in [0.1, 0.15) is 41.7 Å². The van der Waals surface area contributed by atoms with E-state index in [4.69, 9.17) is 4.74 Å². The average molecular weight is 590 g/mol. The number of halogens is 1. The Morgan fingerprint density at radius 1 is 1.08 bits per heavy atom. The minimum absolute atomic E-state index is 0.00210. The molecule has 0 bridgehead atoms. The lowest BCUT2D eigenvalue weighted by Gasteiger charge is -2.32. The van der Waals surface area contributed by atoms with Crippen LogP contribution >= 0.6 is 15.9 Å². The van der Waals surface area contributed by atoms with Gasteiger partial charge in [0.2, 0.25) is 10.0 Å². The van der Waals surface area contributed by atoms with Gasteiger partial charge in [-0.05, 0) is 84.5 Å². The molecule has 0 unspecified atom stereocenters. The Balaban J connectivity index is 1.17. The fraction of sp³-hybridized carbons (Fsp3) is 0.444. The predicted octanol–water partition coefficient (Wildman–Crippen LogP) is 3.74. The molecule has 2 aromatic carbocycles. The van der Waals surface area contributed by atoms with Crippen molar-refractivity contribution in [2.24, 2.45) is 0 Å². The molecule has 0 radical (unpaired) electrons. The smallest absolute Gasteiger partial charge is 0.269 e. The normalized spacial score (nSPS) is 18.2. The zero-order chi connectivity index (χ0) is 26.0. The van der Waals surface area contributed by atoms with Gasteiger partial charge in [-0.3, -0.25) is 9.69 Å². The predicted molar refractivity (Wildman–Crippen MR) is 149 cm³/mol. The molecule has 0 spiro atoms. The number of rotatable bonds is 7. The summed E-state index contributed by atoms with van der Waals surface area (Å²) in [6, 6.07) is 15.1. The Kier molecular flexibility index (Phi) is 7.90. The summed E-state index contributed by atoms with van der Waals surface area (Å²) in [7, 11) is -3.63. The molecule has 3 aromatic rings. The van der Waals surface area contributed by atoms with E-state index in [0.29, 0.717) is 5.52 Å². The first-order valence-corrected chi connectivity index (χ1v) is 15.4. The molecule has 0 aliphatic carbocycles. The van der Waals surface area contributed by atoms with E-state index in [1.54, 1.807) is 18.2 Å². The molecule has 2 saturated heterocycles. The SMILES string of the molecule is CS(=O)(=O)n1c(C(=O)NC2CCN(Cc3ccc(OC4CCNCC4)c(Br)c3)CC2)cc2ccccc21. The second-order valence-electron chi connectivity index (χ2n) is 9.97. The monoisotopic (exact) mass is 588 g/mol. The summed E-state index contributed by atoms with van der Waals surface area (Å²) in [5.74, 6) is 0.539. The van der Waals surface area contributed by atoms with Crippen molar-refractivity contribution in [1.82, 2.24) is 19.5 Å². The minimum Gasteiger partial charge on any atom is -0.489 e. The van der Waals surface area contributed by atoms with Gasteiger partial charge in [0.1, 0.15) is 17.5 Å². The van der Waals surface area contributed by atoms with Crippen molar-refractivity contribution in [2.75, 3.05) is 32.4 Å². The van der Waals surface area contributed by atoms with Gasteiger partial charge >= 0.3 is 0 Å². The maximum Gasteiger partial charge on any atom is 0.269 e. The van der Waals surface area contributed by atoms with Crippen molar-refractivity contribution in [3.63, 3.8) is 0 Å². The number of carbonyl (C=O) groups excluding carboxylic acids is 1. The number of nitrogens with zero attached hydrogens (tertiary/aromatic N) is 2. The standard InChI is InChI=1S/C27H33BrN4O4S/c1-37(34,35)32-24-5-3-2-4-20(24)17-25(32)27(33)30-21-10-14-31(15-11-21)18-19-6-7-26(23(28)16-19)36-22-8-12-29-13-9-22/h2-7,16-17,21-22,29H,8-15,18H2,1H3,(H,30,33). The van der Waals surface area contributed by atoms with Crippen molar-refractivity contribution in [3.8, 4) is 5.75 Å². The number of para-hydroxylation sites is 1. The molecular weight excluding hydrogens is 556 g/mol. The highest BCUT2D eigenvalue weighted by Gasteiger charge is 2.26. The molecule has 2 N–H and O–H groups in total. The summed E-state index contributed by atoms with van der Waals surface area (Å²) in [5, 5.41) is 7.16. The highest BCUT2D eigenvalue weighted by molar-refractivity contribution is 9.10. The van der Waals surface area contributed by atoms with Crippen LogP contribution in [-0.2, 0) is 16.6 Å². The number of carbonyl (C=O) groups is 1. The van der Waals surface area contributed by atoms with E-state index in [-0.39, 0.29) is 23.7 Å². The summed E-state index contributed by atoms with van der Waals surface area (Å²) in [6.07, 6.45) is 5.05. The van der Waals surface area contributed by atoms with Crippen LogP contribution in [0, 0.1) is 0 Å². The first-order chi connectivity index (χ1) is 17.8. The maximum atomic E-state index is 13.1. The highest BCUT2D eigenvalue weighted by atomic mass is 79.9. The number of fused-ring (bicyclic) bond motifs is 1. The molecule has 2 aliphatic rings. The fourth-order valence-electron chi connectivity index (χ4n) is 5.23. The summed E-state index contributed by atoms with van der Waals surface area (Å²) < 4.78 is 33.2. The van der Waals surface area contributed by atoms with Crippen LogP contribution in [0.4, 0.5) is 0 Å². The van der Waals surface area contributed by atoms with E-state index in [1.165, 1.54) is 5.56 Å². The molecule has 2 aliphatic heterocycles. The van der Waals surface area contributed by atoms with Crippen LogP contribution < -0.4 is 15.4 Å². The van der Waals surface area contributed by atoms with Gasteiger partial charge in [0, 0.05) is 31.1 Å². The topological polar surface area (TPSA) is 92.7 Å². The van der Waals surface area contributed by atoms with Crippen LogP contribution in [0.3, 0.4) is 0 Å². The number of hydrogen-bond donors (Lipinski definition) is 2. The van der Waals surface area contributed by atoms with Crippen LogP contribution in [0.25, 0.3) is 10.9 Å². The zero-order valence-corrected chi connectivity index (χ0v) is 23.4. The Morgan fingerprint density at radius 2 is 1.81 bits per heavy atom. The van der Waals surface area contributed by atoms with Gasteiger partial charge < -0.3 is 15.4 Å². The van der Waals surface area contributed by atoms with Gasteiger partial charge in [-0.2, -0.15) is 0 Å². The van der Waals surface area contributed by atoms with Crippen molar-refractivity contribution in [1.29, 1.82) is 0 Å². The van der Waals surface area contributed by atoms with Crippen LogP contribution in [0.15, 0.2) is 53.0 Å². The number of ether oxygens (including phenoxy) is 1. The molecule has 198 valence electrons. The summed E-state index contributed by atoms with van der Waals surface area (Å²) in [4.78, 5) is 15.5. The number of aromatic nitrogens is 1. The van der Waals surface area contributed by atoms with Gasteiger partial charge in [0.15, 0.2) is 0 Å². The number of amides is 1. The number of benzene rings is 2. The van der Waals surface area contributed by atoms with E-state index < -0.39 is 10.0 Å². The number of piperidine rings is 2. The third-order valence-electron chi connectivity index (χ3n) is 7.14. The first-order valence-electron chi connectivity index (χ1n) is 12.8. The van der Waals surface area contributed by atoms with Crippen LogP contribution in [-0.4, -0.2) is 67.8 Å². The second kappa shape index (κ2) is 11.1. The Labute approximate surface area is 226 Å². The van der Waals surface area contributed by atoms with Gasteiger partial charge in [-0.1, -0.05) is 24.3 Å². The molecule has 37 heavy (non-hydrogen) atoms. The Bertz CT molecular complexity index is 1380. The number of hydrogen-bond acceptors (Lipinski definition) is 6. The Morgan fingerprint density at radius 3 is 2.51 bits per heavy atom. The fourth-order valence-corrected chi connectivity index (χ4v) is 6.77. The number of likely N-dealkylation sites (tertiary alicyclic amines) is 1. The van der Waals surface area contributed by atoms with Gasteiger partial charge in [0.05, 0.1) is 16.2 Å². The second-order valence-corrected chi connectivity index (χ2v) is 12.7. The Hall–Kier alpha value is -2.40. The summed E-state index contributed by atoms with van der Waals surface area (Å²) in [5.41, 5.74) is 1.88. The lowest BCUT2D eigenvalue weighted by molar-refractivity contribution is 0.0903. The van der Waals surface area contributed by atoms with Crippen molar-refractivity contribution < 1.29 is 17.9 Å². The van der Waals surface area contributed by atoms with Gasteiger partial charge in [-0.15, -0.1) is 0 Å². The van der Waals surface area contributed by atoms with Crippen molar-refractivity contribution >= 4 is 42.8 Å². The average Bonchev–Trinajstić information content (AvgIpc) is 3.28. The van der Waals surface area contributed by atoms with Gasteiger partial charge in [0.25, 0.3) is 5.91 Å². The van der Waals surface area contributed by atoms with Crippen LogP contribution in [0.2, 0.25) is 0 Å². The van der Waals surface area contributed by atoms with Crippen molar-refractivity contribution in [3.05, 3.63) is 64.3 Å².